The van der Waals surface area contributed by atoms with Gasteiger partial charge in [-0.05, 0) is 43.2 Å². The van der Waals surface area contributed by atoms with E-state index in [1.165, 1.54) is 0 Å². The number of anilines is 1. The van der Waals surface area contributed by atoms with Gasteiger partial charge in [0.05, 0.1) is 19.9 Å². The van der Waals surface area contributed by atoms with E-state index in [2.05, 4.69) is 15.1 Å². The van der Waals surface area contributed by atoms with Gasteiger partial charge in [0.1, 0.15) is 11.5 Å². The van der Waals surface area contributed by atoms with Gasteiger partial charge in [-0.1, -0.05) is 0 Å². The number of hydrogen-bond acceptors (Lipinski definition) is 6. The van der Waals surface area contributed by atoms with Crippen molar-refractivity contribution in [2.45, 2.75) is 18.9 Å². The molecular weight excluding hydrogens is 292 g/mol. The third-order valence-electron chi connectivity index (χ3n) is 4.20. The Kier molecular flexibility index (Phi) is 4.62. The van der Waals surface area contributed by atoms with E-state index in [1.807, 2.05) is 30.3 Å². The first kappa shape index (κ1) is 15.6. The van der Waals surface area contributed by atoms with Crippen LogP contribution >= 0.6 is 0 Å². The topological polar surface area (TPSA) is 73.5 Å². The van der Waals surface area contributed by atoms with Gasteiger partial charge in [0.25, 0.3) is 0 Å². The molecule has 3 rings (SSSR count). The molecule has 0 spiro atoms. The number of methoxy groups -OCH3 is 2. The van der Waals surface area contributed by atoms with E-state index in [-0.39, 0.29) is 0 Å². The molecule has 1 aliphatic heterocycles. The third kappa shape index (κ3) is 3.37. The monoisotopic (exact) mass is 314 g/mol. The first-order valence-electron chi connectivity index (χ1n) is 7.78. The van der Waals surface area contributed by atoms with Gasteiger partial charge in [-0.2, -0.15) is 0 Å². The van der Waals surface area contributed by atoms with E-state index >= 15 is 0 Å². The third-order valence-corrected chi connectivity index (χ3v) is 4.20. The number of piperidine rings is 1. The zero-order chi connectivity index (χ0) is 16.2. The second kappa shape index (κ2) is 6.83. The minimum Gasteiger partial charge on any atom is -0.497 e. The number of benzene rings is 1. The molecule has 2 N–H and O–H groups in total. The lowest BCUT2D eigenvalue weighted by Crippen LogP contribution is -2.40. The van der Waals surface area contributed by atoms with Crippen LogP contribution in [0.5, 0.6) is 11.5 Å². The molecule has 0 aliphatic carbocycles. The molecule has 1 aliphatic rings. The highest BCUT2D eigenvalue weighted by atomic mass is 16.5. The molecule has 1 aromatic heterocycles. The van der Waals surface area contributed by atoms with Crippen LogP contribution in [0.3, 0.4) is 0 Å². The largest absolute Gasteiger partial charge is 0.497 e. The van der Waals surface area contributed by atoms with Crippen molar-refractivity contribution >= 4 is 5.82 Å². The molecule has 2 heterocycles. The molecule has 0 saturated carbocycles. The molecule has 23 heavy (non-hydrogen) atoms. The van der Waals surface area contributed by atoms with E-state index in [1.54, 1.807) is 14.2 Å². The van der Waals surface area contributed by atoms with Crippen molar-refractivity contribution in [3.8, 4) is 22.8 Å². The van der Waals surface area contributed by atoms with Gasteiger partial charge in [0, 0.05) is 24.7 Å². The highest BCUT2D eigenvalue weighted by Gasteiger charge is 2.18. The normalized spacial score (nSPS) is 15.5. The molecule has 122 valence electrons. The summed E-state index contributed by atoms with van der Waals surface area (Å²) < 4.78 is 10.7. The molecule has 0 amide bonds. The van der Waals surface area contributed by atoms with Crippen molar-refractivity contribution in [2.24, 2.45) is 5.73 Å². The first-order valence-corrected chi connectivity index (χ1v) is 7.78. The predicted octanol–water partition coefficient (Wildman–Crippen LogP) is 2.09. The van der Waals surface area contributed by atoms with E-state index in [0.29, 0.717) is 6.04 Å². The maximum absolute atomic E-state index is 5.95. The van der Waals surface area contributed by atoms with Crippen molar-refractivity contribution in [2.75, 3.05) is 32.2 Å². The summed E-state index contributed by atoms with van der Waals surface area (Å²) in [5.74, 6) is 2.40. The average molecular weight is 314 g/mol. The Hall–Kier alpha value is -2.34. The molecule has 6 heteroatoms. The molecule has 1 fully saturated rings. The number of aromatic nitrogens is 2. The Morgan fingerprint density at radius 3 is 2.43 bits per heavy atom. The maximum atomic E-state index is 5.95. The molecule has 1 saturated heterocycles. The van der Waals surface area contributed by atoms with Gasteiger partial charge in [-0.3, -0.25) is 0 Å². The van der Waals surface area contributed by atoms with Gasteiger partial charge in [-0.25, -0.2) is 0 Å². The molecule has 0 atom stereocenters. The summed E-state index contributed by atoms with van der Waals surface area (Å²) in [6, 6.07) is 9.91. The fraction of sp³-hybridized carbons (Fsp3) is 0.412. The summed E-state index contributed by atoms with van der Waals surface area (Å²) in [7, 11) is 3.28. The van der Waals surface area contributed by atoms with E-state index in [4.69, 9.17) is 15.2 Å². The summed E-state index contributed by atoms with van der Waals surface area (Å²) in [6.07, 6.45) is 1.99. The molecule has 0 bridgehead atoms. The van der Waals surface area contributed by atoms with Crippen molar-refractivity contribution < 1.29 is 9.47 Å². The van der Waals surface area contributed by atoms with Crippen molar-refractivity contribution in [3.05, 3.63) is 30.3 Å². The van der Waals surface area contributed by atoms with Crippen molar-refractivity contribution in [3.63, 3.8) is 0 Å². The highest BCUT2D eigenvalue weighted by molar-refractivity contribution is 5.69. The zero-order valence-corrected chi connectivity index (χ0v) is 13.5. The van der Waals surface area contributed by atoms with Crippen LogP contribution in [0.2, 0.25) is 0 Å². The zero-order valence-electron chi connectivity index (χ0n) is 13.5. The van der Waals surface area contributed by atoms with Gasteiger partial charge in [0.15, 0.2) is 5.82 Å². The molecule has 0 radical (unpaired) electrons. The van der Waals surface area contributed by atoms with Crippen LogP contribution in [-0.2, 0) is 0 Å². The summed E-state index contributed by atoms with van der Waals surface area (Å²) in [4.78, 5) is 2.23. The van der Waals surface area contributed by atoms with Gasteiger partial charge < -0.3 is 20.1 Å². The van der Waals surface area contributed by atoms with Crippen LogP contribution in [0, 0.1) is 0 Å². The second-order valence-corrected chi connectivity index (χ2v) is 5.67. The SMILES string of the molecule is COc1ccc(OC)c(-c2ccc(N3CCC(N)CC3)nn2)c1. The van der Waals surface area contributed by atoms with Crippen LogP contribution in [0.4, 0.5) is 5.82 Å². The van der Waals surface area contributed by atoms with Crippen molar-refractivity contribution in [1.29, 1.82) is 0 Å². The lowest BCUT2D eigenvalue weighted by atomic mass is 10.1. The standard InChI is InChI=1S/C17H22N4O2/c1-22-13-3-5-16(23-2)14(11-13)15-4-6-17(20-19-15)21-9-7-12(18)8-10-21/h3-6,11-12H,7-10,18H2,1-2H3. The van der Waals surface area contributed by atoms with E-state index in [0.717, 1.165) is 54.5 Å². The second-order valence-electron chi connectivity index (χ2n) is 5.67. The van der Waals surface area contributed by atoms with Crippen LogP contribution < -0.4 is 20.1 Å². The maximum Gasteiger partial charge on any atom is 0.151 e. The number of ether oxygens (including phenoxy) is 2. The Bertz CT molecular complexity index is 652. The minimum absolute atomic E-state index is 0.305. The van der Waals surface area contributed by atoms with Crippen LogP contribution in [0.1, 0.15) is 12.8 Å². The van der Waals surface area contributed by atoms with Gasteiger partial charge in [-0.15, -0.1) is 10.2 Å². The number of hydrogen-bond donors (Lipinski definition) is 1. The number of rotatable bonds is 4. The smallest absolute Gasteiger partial charge is 0.151 e. The quantitative estimate of drug-likeness (QED) is 0.931. The molecule has 0 unspecified atom stereocenters. The van der Waals surface area contributed by atoms with E-state index in [9.17, 15) is 0 Å². The fourth-order valence-corrected chi connectivity index (χ4v) is 2.78. The fourth-order valence-electron chi connectivity index (χ4n) is 2.78. The Balaban J connectivity index is 1.84. The number of nitrogens with two attached hydrogens (primary N) is 1. The van der Waals surface area contributed by atoms with Crippen LogP contribution in [-0.4, -0.2) is 43.5 Å². The Morgan fingerprint density at radius 1 is 1.04 bits per heavy atom. The summed E-state index contributed by atoms with van der Waals surface area (Å²) in [5, 5.41) is 8.74. The molecule has 2 aromatic rings. The Morgan fingerprint density at radius 2 is 1.83 bits per heavy atom. The number of nitrogens with zero attached hydrogens (tertiary/aromatic N) is 3. The van der Waals surface area contributed by atoms with Crippen LogP contribution in [0.25, 0.3) is 11.3 Å². The highest BCUT2D eigenvalue weighted by Crippen LogP contribution is 2.32. The minimum atomic E-state index is 0.305. The van der Waals surface area contributed by atoms with Gasteiger partial charge >= 0.3 is 0 Å². The lowest BCUT2D eigenvalue weighted by Gasteiger charge is -2.30. The molecule has 1 aromatic carbocycles. The average Bonchev–Trinajstić information content (AvgIpc) is 2.62. The summed E-state index contributed by atoms with van der Waals surface area (Å²) >= 11 is 0. The Labute approximate surface area is 136 Å². The van der Waals surface area contributed by atoms with E-state index < -0.39 is 0 Å². The van der Waals surface area contributed by atoms with Crippen LogP contribution in [0.15, 0.2) is 30.3 Å². The predicted molar refractivity (Wildman–Crippen MR) is 90.0 cm³/mol. The summed E-state index contributed by atoms with van der Waals surface area (Å²) in [5.41, 5.74) is 7.58. The summed E-state index contributed by atoms with van der Waals surface area (Å²) in [6.45, 7) is 1.86. The molecular formula is C17H22N4O2. The lowest BCUT2D eigenvalue weighted by molar-refractivity contribution is 0.404. The molecule has 6 nitrogen and oxygen atoms in total. The van der Waals surface area contributed by atoms with Crippen molar-refractivity contribution in [1.82, 2.24) is 10.2 Å². The first-order chi connectivity index (χ1) is 11.2. The van der Waals surface area contributed by atoms with Gasteiger partial charge in [0.2, 0.25) is 0 Å².